The van der Waals surface area contributed by atoms with Crippen molar-refractivity contribution >= 4 is 34.3 Å². The molecule has 0 aliphatic rings. The SMILES string of the molecule is C=NC(=N/C(=N\CBr)c1ccccc1)c1ccccc1. The van der Waals surface area contributed by atoms with Crippen molar-refractivity contribution in [2.75, 3.05) is 5.45 Å². The van der Waals surface area contributed by atoms with E-state index in [4.69, 9.17) is 0 Å². The predicted octanol–water partition coefficient (Wildman–Crippen LogP) is 3.93. The number of halogens is 1. The number of benzene rings is 2. The van der Waals surface area contributed by atoms with Gasteiger partial charge in [-0.1, -0.05) is 76.6 Å². The minimum atomic E-state index is 0.486. The molecule has 0 aliphatic carbocycles. The van der Waals surface area contributed by atoms with Crippen LogP contribution in [0.2, 0.25) is 0 Å². The molecule has 0 heterocycles. The Hall–Kier alpha value is -2.07. The van der Waals surface area contributed by atoms with E-state index in [0.717, 1.165) is 11.1 Å². The van der Waals surface area contributed by atoms with Crippen LogP contribution < -0.4 is 0 Å². The summed E-state index contributed by atoms with van der Waals surface area (Å²) >= 11 is 3.31. The molecule has 0 spiro atoms. The highest BCUT2D eigenvalue weighted by Crippen LogP contribution is 2.08. The predicted molar refractivity (Wildman–Crippen MR) is 89.3 cm³/mol. The molecule has 4 heteroatoms. The van der Waals surface area contributed by atoms with Gasteiger partial charge in [-0.3, -0.25) is 4.99 Å². The lowest BCUT2D eigenvalue weighted by molar-refractivity contribution is 1.34. The summed E-state index contributed by atoms with van der Waals surface area (Å²) in [5.41, 5.74) is 2.35. The first-order valence-electron chi connectivity index (χ1n) is 6.12. The highest BCUT2D eigenvalue weighted by molar-refractivity contribution is 9.09. The standard InChI is InChI=1S/C16H14BrN3/c1-18-15(13-8-4-2-5-9-13)20-16(19-12-17)14-10-6-3-7-11-14/h2-11H,1,12H2/b19-16-,20-15?. The number of hydrogen-bond acceptors (Lipinski definition) is 1. The van der Waals surface area contributed by atoms with Crippen LogP contribution in [0.3, 0.4) is 0 Å². The number of hydrogen-bond donors (Lipinski definition) is 0. The van der Waals surface area contributed by atoms with Gasteiger partial charge in [0.05, 0.1) is 5.45 Å². The number of rotatable bonds is 3. The van der Waals surface area contributed by atoms with Gasteiger partial charge in [0, 0.05) is 11.1 Å². The number of nitrogens with zero attached hydrogens (tertiary/aromatic N) is 3. The van der Waals surface area contributed by atoms with Gasteiger partial charge in [-0.15, -0.1) is 0 Å². The summed E-state index contributed by atoms with van der Waals surface area (Å²) in [5, 5.41) is 0. The van der Waals surface area contributed by atoms with Crippen LogP contribution in [-0.4, -0.2) is 23.8 Å². The van der Waals surface area contributed by atoms with Gasteiger partial charge in [0.2, 0.25) is 0 Å². The van der Waals surface area contributed by atoms with E-state index in [2.05, 4.69) is 37.6 Å². The highest BCUT2D eigenvalue weighted by Gasteiger charge is 2.05. The molecule has 0 saturated heterocycles. The normalized spacial score (nSPS) is 12.2. The minimum Gasteiger partial charge on any atom is -0.255 e. The van der Waals surface area contributed by atoms with Crippen molar-refractivity contribution in [3.05, 3.63) is 71.8 Å². The molecule has 0 saturated carbocycles. The summed E-state index contributed by atoms with van der Waals surface area (Å²) in [5.74, 6) is 1.20. The van der Waals surface area contributed by atoms with Crippen molar-refractivity contribution in [2.45, 2.75) is 0 Å². The van der Waals surface area contributed by atoms with Gasteiger partial charge < -0.3 is 0 Å². The second-order valence-corrected chi connectivity index (χ2v) is 4.43. The molecule has 0 aliphatic heterocycles. The van der Waals surface area contributed by atoms with Crippen LogP contribution in [0.4, 0.5) is 0 Å². The molecule has 0 N–H and O–H groups in total. The molecular weight excluding hydrogens is 314 g/mol. The summed E-state index contributed by atoms with van der Waals surface area (Å²) < 4.78 is 0. The lowest BCUT2D eigenvalue weighted by Gasteiger charge is -2.04. The monoisotopic (exact) mass is 327 g/mol. The quantitative estimate of drug-likeness (QED) is 0.354. The Morgan fingerprint density at radius 3 is 1.80 bits per heavy atom. The van der Waals surface area contributed by atoms with Crippen LogP contribution in [0.25, 0.3) is 0 Å². The molecule has 3 nitrogen and oxygen atoms in total. The second kappa shape index (κ2) is 7.50. The largest absolute Gasteiger partial charge is 0.255 e. The third kappa shape index (κ3) is 3.71. The number of aliphatic imine (C=N–C) groups is 3. The summed E-state index contributed by atoms with van der Waals surface area (Å²) in [6.45, 7) is 3.60. The van der Waals surface area contributed by atoms with E-state index in [1.807, 2.05) is 60.7 Å². The van der Waals surface area contributed by atoms with Crippen LogP contribution >= 0.6 is 15.9 Å². The highest BCUT2D eigenvalue weighted by atomic mass is 79.9. The lowest BCUT2D eigenvalue weighted by atomic mass is 10.2. The Morgan fingerprint density at radius 1 is 0.850 bits per heavy atom. The fourth-order valence-electron chi connectivity index (χ4n) is 1.71. The van der Waals surface area contributed by atoms with E-state index in [1.165, 1.54) is 0 Å². The van der Waals surface area contributed by atoms with Gasteiger partial charge in [-0.2, -0.15) is 0 Å². The van der Waals surface area contributed by atoms with Crippen LogP contribution in [0.5, 0.6) is 0 Å². The maximum absolute atomic E-state index is 4.53. The van der Waals surface area contributed by atoms with E-state index >= 15 is 0 Å². The molecule has 0 radical (unpaired) electrons. The van der Waals surface area contributed by atoms with Crippen molar-refractivity contribution in [3.8, 4) is 0 Å². The average molecular weight is 328 g/mol. The summed E-state index contributed by atoms with van der Waals surface area (Å²) in [4.78, 5) is 12.9. The molecule has 0 fully saturated rings. The Labute approximate surface area is 127 Å². The van der Waals surface area contributed by atoms with Gasteiger partial charge in [0.25, 0.3) is 0 Å². The molecule has 2 aromatic carbocycles. The van der Waals surface area contributed by atoms with Crippen molar-refractivity contribution in [2.24, 2.45) is 15.0 Å². The van der Waals surface area contributed by atoms with Crippen LogP contribution in [-0.2, 0) is 0 Å². The molecule has 100 valence electrons. The van der Waals surface area contributed by atoms with Crippen molar-refractivity contribution in [1.29, 1.82) is 0 Å². The minimum absolute atomic E-state index is 0.486. The molecule has 0 unspecified atom stereocenters. The summed E-state index contributed by atoms with van der Waals surface area (Å²) in [6, 6.07) is 19.6. The van der Waals surface area contributed by atoms with Crippen LogP contribution in [0, 0.1) is 0 Å². The summed E-state index contributed by atoms with van der Waals surface area (Å²) in [7, 11) is 0. The van der Waals surface area contributed by atoms with Crippen molar-refractivity contribution in [3.63, 3.8) is 0 Å². The molecule has 0 amide bonds. The zero-order chi connectivity index (χ0) is 14.2. The van der Waals surface area contributed by atoms with Gasteiger partial charge >= 0.3 is 0 Å². The van der Waals surface area contributed by atoms with Gasteiger partial charge in [-0.25, -0.2) is 9.98 Å². The van der Waals surface area contributed by atoms with Crippen molar-refractivity contribution in [1.82, 2.24) is 0 Å². The van der Waals surface area contributed by atoms with E-state index in [-0.39, 0.29) is 0 Å². The topological polar surface area (TPSA) is 37.1 Å². The fourth-order valence-corrected chi connectivity index (χ4v) is 1.95. The molecule has 0 atom stereocenters. The van der Waals surface area contributed by atoms with Crippen LogP contribution in [0.1, 0.15) is 11.1 Å². The first-order chi connectivity index (χ1) is 9.85. The second-order valence-electron chi connectivity index (χ2n) is 3.93. The molecule has 20 heavy (non-hydrogen) atoms. The Morgan fingerprint density at radius 2 is 1.35 bits per heavy atom. The molecule has 0 bridgehead atoms. The third-order valence-electron chi connectivity index (χ3n) is 2.64. The smallest absolute Gasteiger partial charge is 0.161 e. The number of amidine groups is 2. The molecule has 0 aromatic heterocycles. The Kier molecular flexibility index (Phi) is 5.38. The van der Waals surface area contributed by atoms with E-state index < -0.39 is 0 Å². The third-order valence-corrected chi connectivity index (χ3v) is 2.89. The average Bonchev–Trinajstić information content (AvgIpc) is 2.53. The maximum Gasteiger partial charge on any atom is 0.161 e. The van der Waals surface area contributed by atoms with E-state index in [1.54, 1.807) is 0 Å². The Balaban J connectivity index is 2.43. The zero-order valence-corrected chi connectivity index (χ0v) is 12.5. The van der Waals surface area contributed by atoms with Gasteiger partial charge in [-0.05, 0) is 6.72 Å². The molecule has 2 rings (SSSR count). The van der Waals surface area contributed by atoms with E-state index in [9.17, 15) is 0 Å². The van der Waals surface area contributed by atoms with Crippen molar-refractivity contribution < 1.29 is 0 Å². The van der Waals surface area contributed by atoms with Crippen LogP contribution in [0.15, 0.2) is 75.6 Å². The first-order valence-corrected chi connectivity index (χ1v) is 7.24. The van der Waals surface area contributed by atoms with E-state index in [0.29, 0.717) is 17.1 Å². The fraction of sp³-hybridized carbons (Fsp3) is 0.0625. The summed E-state index contributed by atoms with van der Waals surface area (Å²) in [6.07, 6.45) is 0. The van der Waals surface area contributed by atoms with Gasteiger partial charge in [0.15, 0.2) is 11.7 Å². The molecule has 2 aromatic rings. The lowest BCUT2D eigenvalue weighted by Crippen LogP contribution is -2.04. The first kappa shape index (κ1) is 14.3. The van der Waals surface area contributed by atoms with Gasteiger partial charge in [0.1, 0.15) is 0 Å². The number of alkyl halides is 1. The zero-order valence-electron chi connectivity index (χ0n) is 10.9. The molecular formula is C16H14BrN3. The maximum atomic E-state index is 4.53. The Bertz CT molecular complexity index is 619.